The van der Waals surface area contributed by atoms with Crippen LogP contribution in [0.25, 0.3) is 0 Å². The number of nitro benzene ring substituents is 1. The minimum absolute atomic E-state index is 0.0362. The third-order valence-corrected chi connectivity index (χ3v) is 3.47. The highest BCUT2D eigenvalue weighted by Crippen LogP contribution is 2.30. The van der Waals surface area contributed by atoms with E-state index in [2.05, 4.69) is 15.9 Å². The van der Waals surface area contributed by atoms with Crippen molar-refractivity contribution < 1.29 is 19.6 Å². The number of hydrogen-bond donors (Lipinski definition) is 1. The Labute approximate surface area is 117 Å². The summed E-state index contributed by atoms with van der Waals surface area (Å²) < 4.78 is 5.95. The first-order valence-electron chi connectivity index (χ1n) is 5.56. The van der Waals surface area contributed by atoms with E-state index in [4.69, 9.17) is 9.84 Å². The van der Waals surface area contributed by atoms with Crippen molar-refractivity contribution in [2.24, 2.45) is 0 Å². The van der Waals surface area contributed by atoms with Crippen molar-refractivity contribution >= 4 is 27.7 Å². The molecule has 1 heterocycles. The molecule has 102 valence electrons. The monoisotopic (exact) mass is 330 g/mol. The van der Waals surface area contributed by atoms with Gasteiger partial charge < -0.3 is 14.7 Å². The zero-order valence-electron chi connectivity index (χ0n) is 9.78. The van der Waals surface area contributed by atoms with Crippen LogP contribution in [0.3, 0.4) is 0 Å². The van der Waals surface area contributed by atoms with Gasteiger partial charge >= 0.3 is 6.09 Å². The van der Waals surface area contributed by atoms with E-state index < -0.39 is 11.0 Å². The van der Waals surface area contributed by atoms with E-state index in [9.17, 15) is 14.9 Å². The summed E-state index contributed by atoms with van der Waals surface area (Å²) in [5.74, 6) is 0.481. The maximum atomic E-state index is 10.8. The van der Waals surface area contributed by atoms with Gasteiger partial charge in [0, 0.05) is 25.1 Å². The Bertz CT molecular complexity index is 522. The van der Waals surface area contributed by atoms with Crippen LogP contribution in [0.2, 0.25) is 0 Å². The number of ether oxygens (including phenoxy) is 1. The van der Waals surface area contributed by atoms with Crippen LogP contribution in [-0.2, 0) is 0 Å². The lowest BCUT2D eigenvalue weighted by molar-refractivity contribution is -0.385. The molecule has 2 rings (SSSR count). The van der Waals surface area contributed by atoms with Gasteiger partial charge in [-0.1, -0.05) is 0 Å². The standard InChI is InChI=1S/C11H11BrN2O5/c12-9-5-7(1-2-10(9)14(17)18)19-8-3-4-13(6-8)11(15)16/h1-2,5,8H,3-4,6H2,(H,15,16). The predicted octanol–water partition coefficient (Wildman–Crippen LogP) is 2.49. The molecule has 1 aromatic carbocycles. The van der Waals surface area contributed by atoms with Gasteiger partial charge in [-0.15, -0.1) is 0 Å². The lowest BCUT2D eigenvalue weighted by atomic mass is 10.3. The van der Waals surface area contributed by atoms with Crippen LogP contribution < -0.4 is 4.74 Å². The van der Waals surface area contributed by atoms with Crippen molar-refractivity contribution in [2.75, 3.05) is 13.1 Å². The second-order valence-corrected chi connectivity index (χ2v) is 4.98. The molecule has 1 fully saturated rings. The maximum absolute atomic E-state index is 10.8. The summed E-state index contributed by atoms with van der Waals surface area (Å²) in [4.78, 5) is 22.2. The number of carbonyl (C=O) groups is 1. The van der Waals surface area contributed by atoms with Gasteiger partial charge in [-0.05, 0) is 22.0 Å². The molecule has 7 nitrogen and oxygen atoms in total. The summed E-state index contributed by atoms with van der Waals surface area (Å²) in [6, 6.07) is 4.37. The van der Waals surface area contributed by atoms with E-state index in [0.717, 1.165) is 0 Å². The number of likely N-dealkylation sites (tertiary alicyclic amines) is 1. The van der Waals surface area contributed by atoms with Gasteiger partial charge in [0.2, 0.25) is 0 Å². The van der Waals surface area contributed by atoms with Crippen molar-refractivity contribution in [3.63, 3.8) is 0 Å². The van der Waals surface area contributed by atoms with Crippen LogP contribution >= 0.6 is 15.9 Å². The Morgan fingerprint density at radius 3 is 2.84 bits per heavy atom. The van der Waals surface area contributed by atoms with Crippen LogP contribution in [0.4, 0.5) is 10.5 Å². The number of halogens is 1. The van der Waals surface area contributed by atoms with Crippen molar-refractivity contribution in [1.82, 2.24) is 4.90 Å². The molecule has 1 aromatic rings. The molecule has 0 aromatic heterocycles. The van der Waals surface area contributed by atoms with Gasteiger partial charge in [0.15, 0.2) is 0 Å². The summed E-state index contributed by atoms with van der Waals surface area (Å²) in [6.07, 6.45) is -0.568. The largest absolute Gasteiger partial charge is 0.488 e. The normalized spacial score (nSPS) is 18.4. The Kier molecular flexibility index (Phi) is 3.89. The highest BCUT2D eigenvalue weighted by molar-refractivity contribution is 9.10. The molecule has 0 spiro atoms. The lowest BCUT2D eigenvalue weighted by Crippen LogP contribution is -2.29. The van der Waals surface area contributed by atoms with E-state index in [0.29, 0.717) is 29.7 Å². The molecular weight excluding hydrogens is 320 g/mol. The van der Waals surface area contributed by atoms with Gasteiger partial charge in [-0.25, -0.2) is 4.79 Å². The molecule has 0 aliphatic carbocycles. The first-order chi connectivity index (χ1) is 8.97. The first-order valence-corrected chi connectivity index (χ1v) is 6.35. The van der Waals surface area contributed by atoms with Crippen LogP contribution in [-0.4, -0.2) is 40.2 Å². The zero-order chi connectivity index (χ0) is 14.0. The Hall–Kier alpha value is -1.83. The second-order valence-electron chi connectivity index (χ2n) is 4.13. The SMILES string of the molecule is O=C(O)N1CCC(Oc2ccc([N+](=O)[O-])c(Br)c2)C1. The molecule has 1 N–H and O–H groups in total. The Morgan fingerprint density at radius 1 is 1.58 bits per heavy atom. The summed E-state index contributed by atoms with van der Waals surface area (Å²) in [6.45, 7) is 0.748. The number of nitro groups is 1. The van der Waals surface area contributed by atoms with Gasteiger partial charge in [0.25, 0.3) is 5.69 Å². The third-order valence-electron chi connectivity index (χ3n) is 2.83. The molecule has 0 bridgehead atoms. The second kappa shape index (κ2) is 5.43. The Balaban J connectivity index is 2.03. The Morgan fingerprint density at radius 2 is 2.32 bits per heavy atom. The molecular formula is C11H11BrN2O5. The van der Waals surface area contributed by atoms with Crippen molar-refractivity contribution in [3.8, 4) is 5.75 Å². The van der Waals surface area contributed by atoms with E-state index in [1.54, 1.807) is 0 Å². The minimum Gasteiger partial charge on any atom is -0.488 e. The number of amides is 1. The number of carboxylic acid groups (broad SMARTS) is 1. The van der Waals surface area contributed by atoms with E-state index >= 15 is 0 Å². The molecule has 1 aliphatic heterocycles. The van der Waals surface area contributed by atoms with E-state index in [1.165, 1.54) is 23.1 Å². The molecule has 0 saturated carbocycles. The van der Waals surface area contributed by atoms with Crippen molar-refractivity contribution in [2.45, 2.75) is 12.5 Å². The average molecular weight is 331 g/mol. The quantitative estimate of drug-likeness (QED) is 0.678. The van der Waals surface area contributed by atoms with Gasteiger partial charge in [-0.2, -0.15) is 0 Å². The fraction of sp³-hybridized carbons (Fsp3) is 0.364. The number of rotatable bonds is 3. The molecule has 1 saturated heterocycles. The summed E-state index contributed by atoms with van der Waals surface area (Å²) >= 11 is 3.11. The number of hydrogen-bond acceptors (Lipinski definition) is 4. The van der Waals surface area contributed by atoms with Gasteiger partial charge in [-0.3, -0.25) is 10.1 Å². The predicted molar refractivity (Wildman–Crippen MR) is 69.4 cm³/mol. The van der Waals surface area contributed by atoms with Crippen LogP contribution in [0.15, 0.2) is 22.7 Å². The number of benzene rings is 1. The summed E-state index contributed by atoms with van der Waals surface area (Å²) in [5, 5.41) is 19.5. The maximum Gasteiger partial charge on any atom is 0.407 e. The lowest BCUT2D eigenvalue weighted by Gasteiger charge is -2.14. The van der Waals surface area contributed by atoms with E-state index in [1.807, 2.05) is 0 Å². The summed E-state index contributed by atoms with van der Waals surface area (Å²) in [7, 11) is 0. The van der Waals surface area contributed by atoms with Crippen LogP contribution in [0.5, 0.6) is 5.75 Å². The first kappa shape index (κ1) is 13.6. The fourth-order valence-corrected chi connectivity index (χ4v) is 2.40. The van der Waals surface area contributed by atoms with Gasteiger partial charge in [0.05, 0.1) is 15.9 Å². The molecule has 1 aliphatic rings. The third kappa shape index (κ3) is 3.14. The topological polar surface area (TPSA) is 92.9 Å². The highest BCUT2D eigenvalue weighted by atomic mass is 79.9. The minimum atomic E-state index is -0.962. The van der Waals surface area contributed by atoms with E-state index in [-0.39, 0.29) is 11.8 Å². The average Bonchev–Trinajstić information content (AvgIpc) is 2.77. The molecule has 8 heteroatoms. The summed E-state index contributed by atoms with van der Waals surface area (Å²) in [5.41, 5.74) is -0.0362. The number of nitrogens with zero attached hydrogens (tertiary/aromatic N) is 2. The zero-order valence-corrected chi connectivity index (χ0v) is 11.4. The van der Waals surface area contributed by atoms with Crippen LogP contribution in [0, 0.1) is 10.1 Å². The van der Waals surface area contributed by atoms with Crippen LogP contribution in [0.1, 0.15) is 6.42 Å². The van der Waals surface area contributed by atoms with Gasteiger partial charge in [0.1, 0.15) is 11.9 Å². The molecule has 1 atom stereocenters. The highest BCUT2D eigenvalue weighted by Gasteiger charge is 2.27. The fourth-order valence-electron chi connectivity index (χ4n) is 1.90. The smallest absolute Gasteiger partial charge is 0.407 e. The molecule has 1 amide bonds. The van der Waals surface area contributed by atoms with Crippen molar-refractivity contribution in [3.05, 3.63) is 32.8 Å². The molecule has 1 unspecified atom stereocenters. The molecule has 19 heavy (non-hydrogen) atoms. The van der Waals surface area contributed by atoms with Crippen molar-refractivity contribution in [1.29, 1.82) is 0 Å². The molecule has 0 radical (unpaired) electrons.